The van der Waals surface area contributed by atoms with E-state index in [1.54, 1.807) is 0 Å². The molecule has 0 heterocycles. The van der Waals surface area contributed by atoms with Gasteiger partial charge in [0.2, 0.25) is 5.91 Å². The summed E-state index contributed by atoms with van der Waals surface area (Å²) in [5, 5.41) is 1.06. The highest BCUT2D eigenvalue weighted by Gasteiger charge is 2.11. The molecule has 0 radical (unpaired) electrons. The van der Waals surface area contributed by atoms with E-state index >= 15 is 0 Å². The van der Waals surface area contributed by atoms with Crippen LogP contribution in [0, 0.1) is 5.92 Å². The summed E-state index contributed by atoms with van der Waals surface area (Å²) in [5.74, 6) is 0.375. The van der Waals surface area contributed by atoms with E-state index in [2.05, 4.69) is 15.9 Å². The Balaban J connectivity index is 3.50. The van der Waals surface area contributed by atoms with Crippen molar-refractivity contribution in [2.75, 3.05) is 18.9 Å². The van der Waals surface area contributed by atoms with Crippen molar-refractivity contribution < 1.29 is 4.79 Å². The summed E-state index contributed by atoms with van der Waals surface area (Å²) < 4.78 is 0. The molecule has 0 fully saturated rings. The van der Waals surface area contributed by atoms with Gasteiger partial charge in [0.25, 0.3) is 0 Å². The monoisotopic (exact) mass is 249 g/mol. The second-order valence-corrected chi connectivity index (χ2v) is 4.46. The Kier molecular flexibility index (Phi) is 7.33. The highest BCUT2D eigenvalue weighted by molar-refractivity contribution is 9.09. The van der Waals surface area contributed by atoms with Gasteiger partial charge in [0.15, 0.2) is 0 Å². The third-order valence-electron chi connectivity index (χ3n) is 2.00. The highest BCUT2D eigenvalue weighted by Crippen LogP contribution is 2.03. The number of alkyl halides is 1. The number of carbonyl (C=O) groups is 1. The standard InChI is InChI=1S/C10H20BrNO/c1-9(2)10(13)12(3)8-6-4-5-7-11/h9H,4-8H2,1-3H3. The Morgan fingerprint density at radius 2 is 1.92 bits per heavy atom. The Bertz CT molecular complexity index is 148. The molecule has 0 unspecified atom stereocenters. The second kappa shape index (κ2) is 7.36. The van der Waals surface area contributed by atoms with Gasteiger partial charge in [-0.3, -0.25) is 4.79 Å². The van der Waals surface area contributed by atoms with Crippen molar-refractivity contribution in [3.05, 3.63) is 0 Å². The fourth-order valence-electron chi connectivity index (χ4n) is 1.17. The Hall–Kier alpha value is -0.0500. The van der Waals surface area contributed by atoms with Crippen molar-refractivity contribution in [1.29, 1.82) is 0 Å². The molecule has 0 aliphatic heterocycles. The molecule has 1 amide bonds. The van der Waals surface area contributed by atoms with Gasteiger partial charge in [-0.15, -0.1) is 0 Å². The molecule has 0 aliphatic rings. The van der Waals surface area contributed by atoms with Crippen molar-refractivity contribution in [2.45, 2.75) is 33.1 Å². The van der Waals surface area contributed by atoms with E-state index in [-0.39, 0.29) is 11.8 Å². The first-order chi connectivity index (χ1) is 6.09. The zero-order valence-corrected chi connectivity index (χ0v) is 10.4. The summed E-state index contributed by atoms with van der Waals surface area (Å²) in [6, 6.07) is 0. The minimum Gasteiger partial charge on any atom is -0.346 e. The number of nitrogens with zero attached hydrogens (tertiary/aromatic N) is 1. The van der Waals surface area contributed by atoms with Gasteiger partial charge in [-0.2, -0.15) is 0 Å². The van der Waals surface area contributed by atoms with E-state index in [0.717, 1.165) is 18.3 Å². The molecule has 0 saturated carbocycles. The number of carbonyl (C=O) groups excluding carboxylic acids is 1. The van der Waals surface area contributed by atoms with Gasteiger partial charge in [0.05, 0.1) is 0 Å². The van der Waals surface area contributed by atoms with Gasteiger partial charge >= 0.3 is 0 Å². The quantitative estimate of drug-likeness (QED) is 0.524. The first-order valence-corrected chi connectivity index (χ1v) is 6.02. The molecule has 0 aromatic heterocycles. The van der Waals surface area contributed by atoms with Crippen LogP contribution in [-0.2, 0) is 4.79 Å². The van der Waals surface area contributed by atoms with Crippen LogP contribution in [0.2, 0.25) is 0 Å². The SMILES string of the molecule is CC(C)C(=O)N(C)CCCCCBr. The van der Waals surface area contributed by atoms with Crippen LogP contribution >= 0.6 is 15.9 Å². The fraction of sp³-hybridized carbons (Fsp3) is 0.900. The van der Waals surface area contributed by atoms with Crippen LogP contribution in [0.4, 0.5) is 0 Å². The lowest BCUT2D eigenvalue weighted by atomic mass is 10.2. The van der Waals surface area contributed by atoms with Crippen LogP contribution in [-0.4, -0.2) is 29.7 Å². The minimum atomic E-state index is 0.126. The predicted molar refractivity (Wildman–Crippen MR) is 60.1 cm³/mol. The van der Waals surface area contributed by atoms with Gasteiger partial charge in [-0.25, -0.2) is 0 Å². The molecule has 0 saturated heterocycles. The van der Waals surface area contributed by atoms with E-state index in [1.165, 1.54) is 12.8 Å². The summed E-state index contributed by atoms with van der Waals surface area (Å²) in [5.41, 5.74) is 0. The van der Waals surface area contributed by atoms with Crippen LogP contribution in [0.5, 0.6) is 0 Å². The zero-order chi connectivity index (χ0) is 10.3. The van der Waals surface area contributed by atoms with Gasteiger partial charge in [0, 0.05) is 24.8 Å². The fourth-order valence-corrected chi connectivity index (χ4v) is 1.57. The molecular weight excluding hydrogens is 230 g/mol. The molecule has 0 atom stereocenters. The third kappa shape index (κ3) is 6.08. The molecule has 13 heavy (non-hydrogen) atoms. The Labute approximate surface area is 89.8 Å². The van der Waals surface area contributed by atoms with Crippen molar-refractivity contribution in [2.24, 2.45) is 5.92 Å². The van der Waals surface area contributed by atoms with E-state index < -0.39 is 0 Å². The molecule has 0 aromatic carbocycles. The molecule has 0 rings (SSSR count). The first kappa shape index (κ1) is 12.9. The lowest BCUT2D eigenvalue weighted by molar-refractivity contribution is -0.133. The average Bonchev–Trinajstić information content (AvgIpc) is 2.10. The maximum Gasteiger partial charge on any atom is 0.224 e. The molecule has 78 valence electrons. The zero-order valence-electron chi connectivity index (χ0n) is 8.85. The first-order valence-electron chi connectivity index (χ1n) is 4.90. The summed E-state index contributed by atoms with van der Waals surface area (Å²) in [7, 11) is 1.89. The van der Waals surface area contributed by atoms with Gasteiger partial charge in [-0.05, 0) is 12.8 Å². The number of amides is 1. The van der Waals surface area contributed by atoms with Crippen LogP contribution < -0.4 is 0 Å². The maximum atomic E-state index is 11.4. The molecule has 0 bridgehead atoms. The Morgan fingerprint density at radius 1 is 1.31 bits per heavy atom. The van der Waals surface area contributed by atoms with E-state index in [9.17, 15) is 4.79 Å². The van der Waals surface area contributed by atoms with Crippen LogP contribution in [0.1, 0.15) is 33.1 Å². The molecule has 0 N–H and O–H groups in total. The van der Waals surface area contributed by atoms with Crippen molar-refractivity contribution in [3.63, 3.8) is 0 Å². The summed E-state index contributed by atoms with van der Waals surface area (Å²) in [6.45, 7) is 4.78. The Morgan fingerprint density at radius 3 is 2.38 bits per heavy atom. The summed E-state index contributed by atoms with van der Waals surface area (Å²) in [6.07, 6.45) is 3.51. The molecule has 2 nitrogen and oxygen atoms in total. The molecule has 0 aliphatic carbocycles. The van der Waals surface area contributed by atoms with E-state index in [4.69, 9.17) is 0 Å². The average molecular weight is 250 g/mol. The molecule has 3 heteroatoms. The predicted octanol–water partition coefficient (Wildman–Crippen LogP) is 2.67. The van der Waals surface area contributed by atoms with Gasteiger partial charge < -0.3 is 4.90 Å². The smallest absolute Gasteiger partial charge is 0.224 e. The number of hydrogen-bond donors (Lipinski definition) is 0. The number of unbranched alkanes of at least 4 members (excludes halogenated alkanes) is 2. The van der Waals surface area contributed by atoms with Gasteiger partial charge in [-0.1, -0.05) is 36.2 Å². The normalized spacial score (nSPS) is 10.5. The summed E-state index contributed by atoms with van der Waals surface area (Å²) in [4.78, 5) is 13.3. The molecule has 0 aromatic rings. The number of hydrogen-bond acceptors (Lipinski definition) is 1. The van der Waals surface area contributed by atoms with Crippen LogP contribution in [0.3, 0.4) is 0 Å². The largest absolute Gasteiger partial charge is 0.346 e. The van der Waals surface area contributed by atoms with Crippen molar-refractivity contribution >= 4 is 21.8 Å². The van der Waals surface area contributed by atoms with Gasteiger partial charge in [0.1, 0.15) is 0 Å². The lowest BCUT2D eigenvalue weighted by Gasteiger charge is -2.18. The van der Waals surface area contributed by atoms with Crippen molar-refractivity contribution in [1.82, 2.24) is 4.90 Å². The van der Waals surface area contributed by atoms with Crippen molar-refractivity contribution in [3.8, 4) is 0 Å². The lowest BCUT2D eigenvalue weighted by Crippen LogP contribution is -2.31. The highest BCUT2D eigenvalue weighted by atomic mass is 79.9. The maximum absolute atomic E-state index is 11.4. The van der Waals surface area contributed by atoms with E-state index in [0.29, 0.717) is 0 Å². The molecule has 0 spiro atoms. The minimum absolute atomic E-state index is 0.126. The van der Waals surface area contributed by atoms with E-state index in [1.807, 2.05) is 25.8 Å². The topological polar surface area (TPSA) is 20.3 Å². The van der Waals surface area contributed by atoms with Crippen LogP contribution in [0.25, 0.3) is 0 Å². The number of halogens is 1. The number of rotatable bonds is 6. The molecular formula is C10H20BrNO. The summed E-state index contributed by atoms with van der Waals surface area (Å²) >= 11 is 3.39. The van der Waals surface area contributed by atoms with Crippen LogP contribution in [0.15, 0.2) is 0 Å². The third-order valence-corrected chi connectivity index (χ3v) is 2.56. The second-order valence-electron chi connectivity index (χ2n) is 3.66.